The molecule has 1 fully saturated rings. The number of hydrogen-bond acceptors (Lipinski definition) is 0. The van der Waals surface area contributed by atoms with E-state index in [0.717, 1.165) is 5.56 Å². The lowest BCUT2D eigenvalue weighted by molar-refractivity contribution is 0.625. The SMILES string of the molecule is Fc1c[c]cc(C2CC2)c1. The van der Waals surface area contributed by atoms with E-state index in [0.29, 0.717) is 5.92 Å². The van der Waals surface area contributed by atoms with Crippen molar-refractivity contribution in [2.24, 2.45) is 0 Å². The topological polar surface area (TPSA) is 0 Å². The van der Waals surface area contributed by atoms with Crippen LogP contribution in [0, 0.1) is 11.9 Å². The number of hydrogen-bond donors (Lipinski definition) is 0. The molecule has 1 aromatic rings. The first-order chi connectivity index (χ1) is 4.86. The second-order valence-electron chi connectivity index (χ2n) is 2.76. The zero-order valence-corrected chi connectivity index (χ0v) is 5.60. The van der Waals surface area contributed by atoms with Crippen LogP contribution in [-0.2, 0) is 0 Å². The second kappa shape index (κ2) is 2.08. The maximum Gasteiger partial charge on any atom is 0.124 e. The second-order valence-corrected chi connectivity index (χ2v) is 2.76. The van der Waals surface area contributed by atoms with Crippen LogP contribution in [0.25, 0.3) is 0 Å². The fraction of sp³-hybridized carbons (Fsp3) is 0.333. The Labute approximate surface area is 59.7 Å². The molecule has 0 N–H and O–H groups in total. The summed E-state index contributed by atoms with van der Waals surface area (Å²) in [5.41, 5.74) is 1.11. The Morgan fingerprint density at radius 2 is 2.20 bits per heavy atom. The molecule has 0 aromatic heterocycles. The first kappa shape index (κ1) is 5.90. The standard InChI is InChI=1S/C9H8F/c10-9-3-1-2-8(6-9)7-4-5-7/h2-3,6-7H,4-5H2. The van der Waals surface area contributed by atoms with Crippen molar-refractivity contribution < 1.29 is 4.39 Å². The van der Waals surface area contributed by atoms with Crippen LogP contribution in [0.5, 0.6) is 0 Å². The van der Waals surface area contributed by atoms with Gasteiger partial charge < -0.3 is 0 Å². The molecule has 0 amide bonds. The Balaban J connectivity index is 2.32. The van der Waals surface area contributed by atoms with Gasteiger partial charge in [0.05, 0.1) is 0 Å². The van der Waals surface area contributed by atoms with Crippen LogP contribution in [-0.4, -0.2) is 0 Å². The minimum Gasteiger partial charge on any atom is -0.207 e. The van der Waals surface area contributed by atoms with E-state index in [4.69, 9.17) is 0 Å². The summed E-state index contributed by atoms with van der Waals surface area (Å²) >= 11 is 0. The van der Waals surface area contributed by atoms with Crippen LogP contribution in [0.3, 0.4) is 0 Å². The smallest absolute Gasteiger partial charge is 0.124 e. The van der Waals surface area contributed by atoms with Crippen LogP contribution < -0.4 is 0 Å². The Bertz CT molecular complexity index is 238. The number of halogens is 1. The first-order valence-electron chi connectivity index (χ1n) is 3.53. The van der Waals surface area contributed by atoms with E-state index >= 15 is 0 Å². The summed E-state index contributed by atoms with van der Waals surface area (Å²) in [6.07, 6.45) is 2.44. The summed E-state index contributed by atoms with van der Waals surface area (Å²) in [7, 11) is 0. The fourth-order valence-electron chi connectivity index (χ4n) is 1.11. The van der Waals surface area contributed by atoms with Gasteiger partial charge in [0.25, 0.3) is 0 Å². The molecule has 1 saturated carbocycles. The molecule has 1 aliphatic carbocycles. The van der Waals surface area contributed by atoms with Crippen molar-refractivity contribution in [2.45, 2.75) is 18.8 Å². The van der Waals surface area contributed by atoms with Crippen LogP contribution in [0.1, 0.15) is 24.3 Å². The van der Waals surface area contributed by atoms with E-state index in [1.807, 2.05) is 6.07 Å². The Hall–Kier alpha value is -0.850. The molecular weight excluding hydrogens is 127 g/mol. The summed E-state index contributed by atoms with van der Waals surface area (Å²) in [5, 5.41) is 0. The van der Waals surface area contributed by atoms with E-state index in [1.165, 1.54) is 18.9 Å². The molecule has 0 bridgehead atoms. The van der Waals surface area contributed by atoms with Crippen LogP contribution >= 0.6 is 0 Å². The van der Waals surface area contributed by atoms with Crippen molar-refractivity contribution in [1.29, 1.82) is 0 Å². The van der Waals surface area contributed by atoms with Crippen molar-refractivity contribution in [2.75, 3.05) is 0 Å². The van der Waals surface area contributed by atoms with E-state index in [1.54, 1.807) is 6.07 Å². The quantitative estimate of drug-likeness (QED) is 0.555. The zero-order chi connectivity index (χ0) is 6.97. The van der Waals surface area contributed by atoms with Gasteiger partial charge in [0.2, 0.25) is 0 Å². The molecule has 0 nitrogen and oxygen atoms in total. The summed E-state index contributed by atoms with van der Waals surface area (Å²) in [6, 6.07) is 7.62. The van der Waals surface area contributed by atoms with Crippen molar-refractivity contribution in [1.82, 2.24) is 0 Å². The average Bonchev–Trinajstić information content (AvgIpc) is 2.68. The Morgan fingerprint density at radius 1 is 1.40 bits per heavy atom. The van der Waals surface area contributed by atoms with E-state index in [9.17, 15) is 4.39 Å². The minimum atomic E-state index is -0.163. The lowest BCUT2D eigenvalue weighted by Crippen LogP contribution is -1.79. The normalized spacial score (nSPS) is 17.3. The maximum atomic E-state index is 12.5. The molecule has 0 unspecified atom stereocenters. The number of rotatable bonds is 1. The van der Waals surface area contributed by atoms with Crippen LogP contribution in [0.4, 0.5) is 4.39 Å². The van der Waals surface area contributed by atoms with Crippen LogP contribution in [0.15, 0.2) is 18.2 Å². The third kappa shape index (κ3) is 1.04. The highest BCUT2D eigenvalue weighted by atomic mass is 19.1. The minimum absolute atomic E-state index is 0.163. The third-order valence-electron chi connectivity index (χ3n) is 1.82. The van der Waals surface area contributed by atoms with Gasteiger partial charge in [-0.3, -0.25) is 0 Å². The molecule has 1 aliphatic rings. The molecule has 0 saturated heterocycles. The molecule has 1 radical (unpaired) electrons. The summed E-state index contributed by atoms with van der Waals surface area (Å²) in [4.78, 5) is 0. The van der Waals surface area contributed by atoms with E-state index in [2.05, 4.69) is 6.07 Å². The fourth-order valence-corrected chi connectivity index (χ4v) is 1.11. The van der Waals surface area contributed by atoms with Gasteiger partial charge in [-0.2, -0.15) is 0 Å². The lowest BCUT2D eigenvalue weighted by Gasteiger charge is -1.94. The lowest BCUT2D eigenvalue weighted by atomic mass is 10.1. The molecule has 0 aliphatic heterocycles. The molecule has 1 heteroatoms. The van der Waals surface area contributed by atoms with E-state index in [-0.39, 0.29) is 5.82 Å². The molecule has 0 atom stereocenters. The molecule has 2 rings (SSSR count). The predicted molar refractivity (Wildman–Crippen MR) is 37.2 cm³/mol. The maximum absolute atomic E-state index is 12.5. The molecule has 51 valence electrons. The van der Waals surface area contributed by atoms with Crippen molar-refractivity contribution >= 4 is 0 Å². The predicted octanol–water partition coefficient (Wildman–Crippen LogP) is 2.50. The summed E-state index contributed by atoms with van der Waals surface area (Å²) < 4.78 is 12.5. The van der Waals surface area contributed by atoms with Gasteiger partial charge in [0, 0.05) is 0 Å². The average molecular weight is 135 g/mol. The van der Waals surface area contributed by atoms with Crippen LogP contribution in [0.2, 0.25) is 0 Å². The van der Waals surface area contributed by atoms with Gasteiger partial charge in [0.1, 0.15) is 5.82 Å². The van der Waals surface area contributed by atoms with Gasteiger partial charge in [0.15, 0.2) is 0 Å². The van der Waals surface area contributed by atoms with Gasteiger partial charge in [-0.05, 0) is 42.5 Å². The van der Waals surface area contributed by atoms with Crippen molar-refractivity contribution in [3.63, 3.8) is 0 Å². The Morgan fingerprint density at radius 3 is 2.80 bits per heavy atom. The third-order valence-corrected chi connectivity index (χ3v) is 1.82. The molecule has 0 heterocycles. The molecule has 1 aromatic carbocycles. The molecular formula is C9H8F. The monoisotopic (exact) mass is 135 g/mol. The van der Waals surface area contributed by atoms with Crippen molar-refractivity contribution in [3.8, 4) is 0 Å². The zero-order valence-electron chi connectivity index (χ0n) is 5.60. The molecule has 0 spiro atoms. The Kier molecular flexibility index (Phi) is 1.23. The highest BCUT2D eigenvalue weighted by Gasteiger charge is 2.23. The summed E-state index contributed by atoms with van der Waals surface area (Å²) in [6.45, 7) is 0. The van der Waals surface area contributed by atoms with Gasteiger partial charge >= 0.3 is 0 Å². The van der Waals surface area contributed by atoms with Gasteiger partial charge in [-0.15, -0.1) is 0 Å². The number of benzene rings is 1. The first-order valence-corrected chi connectivity index (χ1v) is 3.53. The van der Waals surface area contributed by atoms with Crippen molar-refractivity contribution in [3.05, 3.63) is 35.6 Å². The van der Waals surface area contributed by atoms with E-state index < -0.39 is 0 Å². The van der Waals surface area contributed by atoms with Gasteiger partial charge in [-0.25, -0.2) is 4.39 Å². The highest BCUT2D eigenvalue weighted by Crippen LogP contribution is 2.39. The van der Waals surface area contributed by atoms with Gasteiger partial charge in [-0.1, -0.05) is 6.07 Å². The summed E-state index contributed by atoms with van der Waals surface area (Å²) in [5.74, 6) is 0.469. The molecule has 10 heavy (non-hydrogen) atoms. The highest BCUT2D eigenvalue weighted by molar-refractivity contribution is 5.23. The largest absolute Gasteiger partial charge is 0.207 e.